The normalized spacial score (nSPS) is 18.8. The first kappa shape index (κ1) is 11.2. The van der Waals surface area contributed by atoms with Gasteiger partial charge in [-0.15, -0.1) is 11.3 Å². The van der Waals surface area contributed by atoms with Crippen LogP contribution in [0.4, 0.5) is 5.69 Å². The van der Waals surface area contributed by atoms with Gasteiger partial charge in [-0.1, -0.05) is 12.8 Å². The minimum absolute atomic E-state index is 0.313. The van der Waals surface area contributed by atoms with Crippen LogP contribution in [0.2, 0.25) is 0 Å². The summed E-state index contributed by atoms with van der Waals surface area (Å²) >= 11 is 1.52. The molecule has 1 aromatic heterocycles. The van der Waals surface area contributed by atoms with Gasteiger partial charge in [-0.2, -0.15) is 0 Å². The number of anilines is 1. The van der Waals surface area contributed by atoms with E-state index in [9.17, 15) is 4.21 Å². The molecule has 17 heavy (non-hydrogen) atoms. The number of rotatable bonds is 2. The number of hydrogen-bond acceptors (Lipinski definition) is 4. The van der Waals surface area contributed by atoms with Gasteiger partial charge < -0.3 is 5.73 Å². The number of aromatic nitrogens is 1. The van der Waals surface area contributed by atoms with Crippen LogP contribution in [0.3, 0.4) is 0 Å². The van der Waals surface area contributed by atoms with E-state index < -0.39 is 10.8 Å². The van der Waals surface area contributed by atoms with Crippen LogP contribution in [0.25, 0.3) is 10.2 Å². The molecule has 0 radical (unpaired) electrons. The third kappa shape index (κ3) is 2.09. The Morgan fingerprint density at radius 1 is 1.35 bits per heavy atom. The molecule has 3 rings (SSSR count). The zero-order chi connectivity index (χ0) is 11.8. The summed E-state index contributed by atoms with van der Waals surface area (Å²) in [6.07, 6.45) is 4.55. The summed E-state index contributed by atoms with van der Waals surface area (Å²) in [5, 5.41) is 0.313. The highest BCUT2D eigenvalue weighted by atomic mass is 32.2. The predicted molar refractivity (Wildman–Crippen MR) is 72.7 cm³/mol. The van der Waals surface area contributed by atoms with E-state index in [1.807, 2.05) is 18.2 Å². The number of nitrogens with zero attached hydrogens (tertiary/aromatic N) is 1. The first-order chi connectivity index (χ1) is 8.24. The Kier molecular flexibility index (Phi) is 2.88. The molecule has 1 saturated carbocycles. The second-order valence-electron chi connectivity index (χ2n) is 4.41. The first-order valence-corrected chi connectivity index (χ1v) is 7.83. The number of nitrogen functional groups attached to an aromatic ring is 1. The van der Waals surface area contributed by atoms with Gasteiger partial charge in [0.25, 0.3) is 0 Å². The van der Waals surface area contributed by atoms with Crippen LogP contribution in [0.5, 0.6) is 0 Å². The lowest BCUT2D eigenvalue weighted by Gasteiger charge is -2.04. The molecule has 1 heterocycles. The molecule has 0 saturated heterocycles. The minimum atomic E-state index is -0.931. The highest BCUT2D eigenvalue weighted by Gasteiger charge is 2.24. The van der Waals surface area contributed by atoms with E-state index in [0.717, 1.165) is 33.1 Å². The standard InChI is InChI=1S/C12H14N2OS2/c13-8-5-6-10-11(7-8)16-12(14-10)17(15)9-3-1-2-4-9/h5-7,9H,1-4,13H2. The Morgan fingerprint density at radius 3 is 2.88 bits per heavy atom. The number of benzene rings is 1. The van der Waals surface area contributed by atoms with Crippen molar-refractivity contribution >= 4 is 38.0 Å². The minimum Gasteiger partial charge on any atom is -0.399 e. The van der Waals surface area contributed by atoms with E-state index in [1.165, 1.54) is 24.2 Å². The third-order valence-electron chi connectivity index (χ3n) is 3.17. The summed E-state index contributed by atoms with van der Waals surface area (Å²) in [6.45, 7) is 0. The van der Waals surface area contributed by atoms with Gasteiger partial charge in [0.15, 0.2) is 4.34 Å². The molecule has 1 aromatic carbocycles. The van der Waals surface area contributed by atoms with Gasteiger partial charge in [0.05, 0.1) is 21.0 Å². The summed E-state index contributed by atoms with van der Waals surface area (Å²) in [5.74, 6) is 0. The van der Waals surface area contributed by atoms with E-state index in [2.05, 4.69) is 4.98 Å². The second kappa shape index (κ2) is 4.38. The van der Waals surface area contributed by atoms with Crippen LogP contribution in [-0.4, -0.2) is 14.4 Å². The predicted octanol–water partition coefficient (Wildman–Crippen LogP) is 2.93. The van der Waals surface area contributed by atoms with Gasteiger partial charge in [-0.3, -0.25) is 4.21 Å². The quantitative estimate of drug-likeness (QED) is 0.850. The zero-order valence-electron chi connectivity index (χ0n) is 9.39. The van der Waals surface area contributed by atoms with Crippen LogP contribution in [0.1, 0.15) is 25.7 Å². The third-order valence-corrected chi connectivity index (χ3v) is 6.24. The molecule has 2 N–H and O–H groups in total. The van der Waals surface area contributed by atoms with Crippen molar-refractivity contribution in [1.29, 1.82) is 0 Å². The smallest absolute Gasteiger partial charge is 0.182 e. The number of hydrogen-bond donors (Lipinski definition) is 1. The van der Waals surface area contributed by atoms with Crippen molar-refractivity contribution < 1.29 is 4.21 Å². The maximum Gasteiger partial charge on any atom is 0.182 e. The molecule has 90 valence electrons. The molecule has 0 aliphatic heterocycles. The Morgan fingerprint density at radius 2 is 2.12 bits per heavy atom. The second-order valence-corrected chi connectivity index (χ2v) is 7.35. The Labute approximate surface area is 107 Å². The van der Waals surface area contributed by atoms with Crippen LogP contribution in [0, 0.1) is 0 Å². The van der Waals surface area contributed by atoms with E-state index in [-0.39, 0.29) is 0 Å². The lowest BCUT2D eigenvalue weighted by Crippen LogP contribution is -2.09. The SMILES string of the molecule is Nc1ccc2nc(S(=O)C3CCCC3)sc2c1. The Hall–Kier alpha value is -0.940. The Bertz CT molecular complexity index is 573. The largest absolute Gasteiger partial charge is 0.399 e. The van der Waals surface area contributed by atoms with Gasteiger partial charge in [-0.25, -0.2) is 4.98 Å². The molecule has 0 bridgehead atoms. The fraction of sp³-hybridized carbons (Fsp3) is 0.417. The number of thiazole rings is 1. The van der Waals surface area contributed by atoms with Crippen molar-refractivity contribution in [3.05, 3.63) is 18.2 Å². The number of nitrogens with two attached hydrogens (primary N) is 1. The van der Waals surface area contributed by atoms with Crippen molar-refractivity contribution in [1.82, 2.24) is 4.98 Å². The maximum absolute atomic E-state index is 12.3. The summed E-state index contributed by atoms with van der Waals surface area (Å²) < 4.78 is 14.1. The van der Waals surface area contributed by atoms with Gasteiger partial charge in [-0.05, 0) is 31.0 Å². The molecule has 1 aliphatic carbocycles. The summed E-state index contributed by atoms with van der Waals surface area (Å²) in [6, 6.07) is 5.64. The van der Waals surface area contributed by atoms with Crippen molar-refractivity contribution in [2.75, 3.05) is 5.73 Å². The topological polar surface area (TPSA) is 56.0 Å². The van der Waals surface area contributed by atoms with Gasteiger partial charge in [0, 0.05) is 10.9 Å². The van der Waals surface area contributed by atoms with E-state index in [1.54, 1.807) is 0 Å². The van der Waals surface area contributed by atoms with Crippen molar-refractivity contribution in [2.24, 2.45) is 0 Å². The summed E-state index contributed by atoms with van der Waals surface area (Å²) in [7, 11) is -0.931. The average Bonchev–Trinajstić information content (AvgIpc) is 2.96. The van der Waals surface area contributed by atoms with Crippen LogP contribution < -0.4 is 5.73 Å². The van der Waals surface area contributed by atoms with Crippen molar-refractivity contribution in [2.45, 2.75) is 35.3 Å². The van der Waals surface area contributed by atoms with E-state index in [0.29, 0.717) is 5.25 Å². The molecule has 1 aliphatic rings. The van der Waals surface area contributed by atoms with Crippen molar-refractivity contribution in [3.63, 3.8) is 0 Å². The molecule has 1 unspecified atom stereocenters. The maximum atomic E-state index is 12.3. The molecule has 3 nitrogen and oxygen atoms in total. The monoisotopic (exact) mass is 266 g/mol. The number of fused-ring (bicyclic) bond motifs is 1. The van der Waals surface area contributed by atoms with Gasteiger partial charge >= 0.3 is 0 Å². The lowest BCUT2D eigenvalue weighted by atomic mass is 10.3. The van der Waals surface area contributed by atoms with Crippen LogP contribution in [-0.2, 0) is 10.8 Å². The van der Waals surface area contributed by atoms with Crippen LogP contribution in [0.15, 0.2) is 22.5 Å². The molecule has 0 amide bonds. The highest BCUT2D eigenvalue weighted by Crippen LogP contribution is 2.31. The highest BCUT2D eigenvalue weighted by molar-refractivity contribution is 7.88. The molecule has 5 heteroatoms. The molecule has 1 atom stereocenters. The summed E-state index contributed by atoms with van der Waals surface area (Å²) in [5.41, 5.74) is 7.38. The average molecular weight is 266 g/mol. The molecular weight excluding hydrogens is 252 g/mol. The Balaban J connectivity index is 1.97. The van der Waals surface area contributed by atoms with Gasteiger partial charge in [0.2, 0.25) is 0 Å². The molecular formula is C12H14N2OS2. The van der Waals surface area contributed by atoms with Crippen molar-refractivity contribution in [3.8, 4) is 0 Å². The van der Waals surface area contributed by atoms with Gasteiger partial charge in [0.1, 0.15) is 0 Å². The van der Waals surface area contributed by atoms with E-state index >= 15 is 0 Å². The fourth-order valence-electron chi connectivity index (χ4n) is 2.25. The van der Waals surface area contributed by atoms with Crippen LogP contribution >= 0.6 is 11.3 Å². The summed E-state index contributed by atoms with van der Waals surface area (Å²) in [4.78, 5) is 4.46. The molecule has 0 spiro atoms. The van der Waals surface area contributed by atoms with E-state index in [4.69, 9.17) is 5.73 Å². The molecule has 2 aromatic rings. The lowest BCUT2D eigenvalue weighted by molar-refractivity contribution is 0.668. The first-order valence-electron chi connectivity index (χ1n) is 5.81. The zero-order valence-corrected chi connectivity index (χ0v) is 11.0. The fourth-order valence-corrected chi connectivity index (χ4v) is 5.24. The molecule has 1 fully saturated rings.